The van der Waals surface area contributed by atoms with Crippen LogP contribution in [-0.4, -0.2) is 62.1 Å². The standard InChI is InChI=1S/C26H34N4O4S2/c31-17-21-5-9-23(10-6-21)27-13-1-3-15-29-25(33)19-35-36-20-26(34)30-16-4-2-14-28-24-11-7-22(18-32)8-12-24/h5-12,17-18,27-28H,1-4,13-16,19-20H2,(H,29,33)(H,30,34). The topological polar surface area (TPSA) is 116 Å². The highest BCUT2D eigenvalue weighted by atomic mass is 33.1. The molecule has 194 valence electrons. The van der Waals surface area contributed by atoms with Crippen molar-refractivity contribution in [3.05, 3.63) is 59.7 Å². The van der Waals surface area contributed by atoms with Gasteiger partial charge >= 0.3 is 0 Å². The summed E-state index contributed by atoms with van der Waals surface area (Å²) >= 11 is 0. The number of benzene rings is 2. The number of carbonyl (C=O) groups is 4. The Labute approximate surface area is 220 Å². The van der Waals surface area contributed by atoms with E-state index in [2.05, 4.69) is 21.3 Å². The van der Waals surface area contributed by atoms with Crippen molar-refractivity contribution in [3.8, 4) is 0 Å². The second-order valence-electron chi connectivity index (χ2n) is 7.97. The van der Waals surface area contributed by atoms with Gasteiger partial charge in [-0.1, -0.05) is 21.6 Å². The van der Waals surface area contributed by atoms with E-state index >= 15 is 0 Å². The molecule has 2 amide bonds. The largest absolute Gasteiger partial charge is 0.385 e. The summed E-state index contributed by atoms with van der Waals surface area (Å²) in [6.45, 7) is 2.83. The van der Waals surface area contributed by atoms with Crippen molar-refractivity contribution in [2.75, 3.05) is 48.3 Å². The van der Waals surface area contributed by atoms with Crippen LogP contribution in [0.1, 0.15) is 46.4 Å². The fraction of sp³-hybridized carbons (Fsp3) is 0.385. The number of aldehydes is 2. The quantitative estimate of drug-likeness (QED) is 0.122. The van der Waals surface area contributed by atoms with Gasteiger partial charge in [-0.15, -0.1) is 0 Å². The summed E-state index contributed by atoms with van der Waals surface area (Å²) in [4.78, 5) is 45.1. The summed E-state index contributed by atoms with van der Waals surface area (Å²) in [5, 5.41) is 12.4. The molecule has 0 aliphatic rings. The SMILES string of the molecule is O=Cc1ccc(NCCCCNC(=O)CSSCC(=O)NCCCCNc2ccc(C=O)cc2)cc1. The van der Waals surface area contributed by atoms with E-state index in [1.807, 2.05) is 24.3 Å². The molecule has 2 aromatic carbocycles. The third kappa shape index (κ3) is 13.2. The minimum absolute atomic E-state index is 0.0291. The lowest BCUT2D eigenvalue weighted by Gasteiger charge is -2.08. The Morgan fingerprint density at radius 1 is 0.583 bits per heavy atom. The van der Waals surface area contributed by atoms with Crippen LogP contribution < -0.4 is 21.3 Å². The number of unbranched alkanes of at least 4 members (excludes halogenated alkanes) is 2. The summed E-state index contributed by atoms with van der Waals surface area (Å²) in [7, 11) is 2.76. The number of nitrogens with one attached hydrogen (secondary N) is 4. The molecule has 10 heteroatoms. The Kier molecular flexibility index (Phi) is 14.9. The number of hydrogen-bond acceptors (Lipinski definition) is 8. The van der Waals surface area contributed by atoms with Crippen molar-refractivity contribution >= 4 is 57.3 Å². The lowest BCUT2D eigenvalue weighted by atomic mass is 10.2. The van der Waals surface area contributed by atoms with Gasteiger partial charge in [0.1, 0.15) is 12.6 Å². The van der Waals surface area contributed by atoms with Gasteiger partial charge < -0.3 is 21.3 Å². The minimum atomic E-state index is -0.0291. The average molecular weight is 531 g/mol. The fourth-order valence-electron chi connectivity index (χ4n) is 3.07. The zero-order chi connectivity index (χ0) is 25.8. The Morgan fingerprint density at radius 3 is 1.31 bits per heavy atom. The van der Waals surface area contributed by atoms with Gasteiger partial charge in [-0.3, -0.25) is 19.2 Å². The molecule has 0 saturated carbocycles. The van der Waals surface area contributed by atoms with Crippen LogP contribution in [0.15, 0.2) is 48.5 Å². The molecule has 0 unspecified atom stereocenters. The number of rotatable bonds is 19. The van der Waals surface area contributed by atoms with Gasteiger partial charge in [0.15, 0.2) is 0 Å². The first-order valence-corrected chi connectivity index (χ1v) is 14.5. The molecule has 0 spiro atoms. The molecule has 0 aliphatic carbocycles. The van der Waals surface area contributed by atoms with E-state index < -0.39 is 0 Å². The normalized spacial score (nSPS) is 10.3. The van der Waals surface area contributed by atoms with Crippen LogP contribution in [0.5, 0.6) is 0 Å². The van der Waals surface area contributed by atoms with Gasteiger partial charge in [0.2, 0.25) is 11.8 Å². The maximum absolute atomic E-state index is 11.9. The zero-order valence-corrected chi connectivity index (χ0v) is 21.9. The molecule has 8 nitrogen and oxygen atoms in total. The average Bonchev–Trinajstić information content (AvgIpc) is 2.91. The first kappa shape index (κ1) is 29.3. The first-order chi connectivity index (χ1) is 17.6. The van der Waals surface area contributed by atoms with E-state index in [0.717, 1.165) is 62.7 Å². The van der Waals surface area contributed by atoms with Gasteiger partial charge in [0.05, 0.1) is 11.5 Å². The lowest BCUT2D eigenvalue weighted by molar-refractivity contribution is -0.119. The van der Waals surface area contributed by atoms with Crippen LogP contribution in [0.25, 0.3) is 0 Å². The predicted octanol–water partition coefficient (Wildman–Crippen LogP) is 4.01. The van der Waals surface area contributed by atoms with Crippen molar-refractivity contribution in [3.63, 3.8) is 0 Å². The first-order valence-electron chi connectivity index (χ1n) is 12.0. The van der Waals surface area contributed by atoms with Gasteiger partial charge in [-0.25, -0.2) is 0 Å². The summed E-state index contributed by atoms with van der Waals surface area (Å²) in [6.07, 6.45) is 5.22. The molecule has 0 aromatic heterocycles. The van der Waals surface area contributed by atoms with Crippen LogP contribution in [0.3, 0.4) is 0 Å². The highest BCUT2D eigenvalue weighted by Gasteiger charge is 2.05. The van der Waals surface area contributed by atoms with Crippen LogP contribution in [-0.2, 0) is 9.59 Å². The molecular weight excluding hydrogens is 496 g/mol. The van der Waals surface area contributed by atoms with E-state index in [9.17, 15) is 19.2 Å². The molecule has 2 aromatic rings. The van der Waals surface area contributed by atoms with Gasteiger partial charge in [-0.05, 0) is 74.2 Å². The van der Waals surface area contributed by atoms with Crippen LogP contribution >= 0.6 is 21.6 Å². The Morgan fingerprint density at radius 2 is 0.944 bits per heavy atom. The number of hydrogen-bond donors (Lipinski definition) is 4. The maximum Gasteiger partial charge on any atom is 0.230 e. The maximum atomic E-state index is 11.9. The monoisotopic (exact) mass is 530 g/mol. The third-order valence-electron chi connectivity index (χ3n) is 5.07. The predicted molar refractivity (Wildman–Crippen MR) is 150 cm³/mol. The molecule has 0 radical (unpaired) electrons. The second-order valence-corrected chi connectivity index (χ2v) is 10.4. The van der Waals surface area contributed by atoms with E-state index in [1.165, 1.54) is 21.6 Å². The van der Waals surface area contributed by atoms with E-state index in [4.69, 9.17) is 0 Å². The van der Waals surface area contributed by atoms with Crippen molar-refractivity contribution in [2.45, 2.75) is 25.7 Å². The Hall–Kier alpha value is -2.98. The molecule has 0 bridgehead atoms. The molecule has 0 fully saturated rings. The van der Waals surface area contributed by atoms with Crippen molar-refractivity contribution in [1.29, 1.82) is 0 Å². The van der Waals surface area contributed by atoms with Crippen LogP contribution in [0.2, 0.25) is 0 Å². The van der Waals surface area contributed by atoms with Gasteiger partial charge in [0.25, 0.3) is 0 Å². The number of carbonyl (C=O) groups excluding carboxylic acids is 4. The summed E-state index contributed by atoms with van der Waals surface area (Å²) in [5.74, 6) is 0.578. The second kappa shape index (κ2) is 18.3. The fourth-order valence-corrected chi connectivity index (χ4v) is 4.80. The molecule has 36 heavy (non-hydrogen) atoms. The third-order valence-corrected chi connectivity index (χ3v) is 7.20. The number of anilines is 2. The smallest absolute Gasteiger partial charge is 0.230 e. The lowest BCUT2D eigenvalue weighted by Crippen LogP contribution is -2.27. The summed E-state index contributed by atoms with van der Waals surface area (Å²) in [5.41, 5.74) is 3.25. The summed E-state index contributed by atoms with van der Waals surface area (Å²) < 4.78 is 0. The van der Waals surface area contributed by atoms with Crippen molar-refractivity contribution in [1.82, 2.24) is 10.6 Å². The van der Waals surface area contributed by atoms with E-state index in [1.54, 1.807) is 24.3 Å². The molecule has 0 heterocycles. The molecule has 0 atom stereocenters. The van der Waals surface area contributed by atoms with Crippen molar-refractivity contribution < 1.29 is 19.2 Å². The highest BCUT2D eigenvalue weighted by Crippen LogP contribution is 2.20. The van der Waals surface area contributed by atoms with E-state index in [-0.39, 0.29) is 11.8 Å². The Balaban J connectivity index is 1.37. The van der Waals surface area contributed by atoms with Gasteiger partial charge in [0, 0.05) is 48.7 Å². The zero-order valence-electron chi connectivity index (χ0n) is 20.3. The molecule has 0 aliphatic heterocycles. The summed E-state index contributed by atoms with van der Waals surface area (Å²) in [6, 6.07) is 14.6. The number of amides is 2. The van der Waals surface area contributed by atoms with Crippen LogP contribution in [0, 0.1) is 0 Å². The van der Waals surface area contributed by atoms with Crippen molar-refractivity contribution in [2.24, 2.45) is 0 Å². The molecule has 0 saturated heterocycles. The molecule has 2 rings (SSSR count). The minimum Gasteiger partial charge on any atom is -0.385 e. The van der Waals surface area contributed by atoms with Crippen LogP contribution in [0.4, 0.5) is 11.4 Å². The van der Waals surface area contributed by atoms with E-state index in [0.29, 0.717) is 35.7 Å². The van der Waals surface area contributed by atoms with Gasteiger partial charge in [-0.2, -0.15) is 0 Å². The highest BCUT2D eigenvalue weighted by molar-refractivity contribution is 8.77. The molecular formula is C26H34N4O4S2. The Bertz CT molecular complexity index is 862. The molecule has 4 N–H and O–H groups in total.